The molecular weight excluding hydrogens is 442 g/mol. The predicted molar refractivity (Wildman–Crippen MR) is 123 cm³/mol. The molecule has 1 heterocycles. The maximum absolute atomic E-state index is 12.5. The van der Waals surface area contributed by atoms with Crippen LogP contribution < -0.4 is 0 Å². The first-order valence-electron chi connectivity index (χ1n) is 11.3. The van der Waals surface area contributed by atoms with Crippen LogP contribution in [0, 0.1) is 6.92 Å². The van der Waals surface area contributed by atoms with E-state index in [0.717, 1.165) is 16.7 Å². The Bertz CT molecular complexity index is 1030. The molecule has 1 aromatic rings. The standard InChI is InChI=1S/C25H33NO8/c1-7-33-24(29)19-11-16(17(14(19)3)9-10-21(27)31-5)12-20-18(13-22(28)32-6)15(4)23(26-20)25(30)34-8-2/h26H,7-13H2,1-6H3. The number of aromatic nitrogens is 1. The Morgan fingerprint density at radius 3 is 2.12 bits per heavy atom. The number of hydrogen-bond donors (Lipinski definition) is 1. The lowest BCUT2D eigenvalue weighted by molar-refractivity contribution is -0.141. The number of hydrogen-bond acceptors (Lipinski definition) is 8. The van der Waals surface area contributed by atoms with E-state index in [4.69, 9.17) is 18.9 Å². The van der Waals surface area contributed by atoms with Crippen LogP contribution >= 0.6 is 0 Å². The van der Waals surface area contributed by atoms with Crippen molar-refractivity contribution in [1.82, 2.24) is 4.98 Å². The summed E-state index contributed by atoms with van der Waals surface area (Å²) in [5.74, 6) is -1.69. The van der Waals surface area contributed by atoms with E-state index in [2.05, 4.69) is 4.98 Å². The summed E-state index contributed by atoms with van der Waals surface area (Å²) in [4.78, 5) is 52.0. The Hall–Kier alpha value is -3.36. The molecule has 0 fully saturated rings. The number of rotatable bonds is 11. The van der Waals surface area contributed by atoms with Crippen LogP contribution in [0.1, 0.15) is 67.3 Å². The maximum Gasteiger partial charge on any atom is 0.355 e. The van der Waals surface area contributed by atoms with Crippen LogP contribution in [0.15, 0.2) is 22.3 Å². The van der Waals surface area contributed by atoms with Gasteiger partial charge >= 0.3 is 23.9 Å². The highest BCUT2D eigenvalue weighted by molar-refractivity contribution is 5.93. The number of methoxy groups -OCH3 is 2. The Labute approximate surface area is 199 Å². The lowest BCUT2D eigenvalue weighted by atomic mass is 9.96. The van der Waals surface area contributed by atoms with Gasteiger partial charge in [0.1, 0.15) is 5.69 Å². The van der Waals surface area contributed by atoms with Gasteiger partial charge in [0.2, 0.25) is 0 Å². The van der Waals surface area contributed by atoms with Crippen LogP contribution in [-0.4, -0.2) is 56.3 Å². The summed E-state index contributed by atoms with van der Waals surface area (Å²) in [6.07, 6.45) is 1.24. The first-order chi connectivity index (χ1) is 16.2. The topological polar surface area (TPSA) is 121 Å². The fraction of sp³-hybridized carbons (Fsp3) is 0.520. The largest absolute Gasteiger partial charge is 0.469 e. The van der Waals surface area contributed by atoms with Gasteiger partial charge < -0.3 is 23.9 Å². The molecule has 0 saturated heterocycles. The summed E-state index contributed by atoms with van der Waals surface area (Å²) in [6, 6.07) is 0. The second-order valence-electron chi connectivity index (χ2n) is 7.89. The van der Waals surface area contributed by atoms with Crippen molar-refractivity contribution in [2.24, 2.45) is 0 Å². The van der Waals surface area contributed by atoms with Crippen LogP contribution in [0.25, 0.3) is 0 Å². The SMILES string of the molecule is CCOC(=O)C1=C(C)C(CCC(=O)OC)=C(Cc2[nH]c(C(=O)OCC)c(C)c2CC(=O)OC)C1. The quantitative estimate of drug-likeness (QED) is 0.382. The van der Waals surface area contributed by atoms with Crippen LogP contribution in [-0.2, 0) is 46.2 Å². The minimum Gasteiger partial charge on any atom is -0.469 e. The highest BCUT2D eigenvalue weighted by Gasteiger charge is 2.29. The van der Waals surface area contributed by atoms with Crippen molar-refractivity contribution in [2.45, 2.75) is 59.8 Å². The molecule has 0 atom stereocenters. The van der Waals surface area contributed by atoms with Gasteiger partial charge in [-0.25, -0.2) is 9.59 Å². The molecule has 0 spiro atoms. The molecule has 1 aliphatic carbocycles. The van der Waals surface area contributed by atoms with Gasteiger partial charge in [0.05, 0.1) is 33.9 Å². The third-order valence-corrected chi connectivity index (χ3v) is 5.94. The lowest BCUT2D eigenvalue weighted by Gasteiger charge is -2.10. The number of esters is 4. The number of nitrogens with one attached hydrogen (secondary N) is 1. The van der Waals surface area contributed by atoms with E-state index in [1.807, 2.05) is 6.92 Å². The molecule has 1 aromatic heterocycles. The Morgan fingerprint density at radius 2 is 1.53 bits per heavy atom. The van der Waals surface area contributed by atoms with Crippen molar-refractivity contribution in [2.75, 3.05) is 27.4 Å². The first kappa shape index (κ1) is 26.9. The molecule has 9 nitrogen and oxygen atoms in total. The van der Waals surface area contributed by atoms with Gasteiger partial charge in [-0.15, -0.1) is 0 Å². The Morgan fingerprint density at radius 1 is 0.912 bits per heavy atom. The van der Waals surface area contributed by atoms with Gasteiger partial charge in [-0.05, 0) is 56.4 Å². The van der Waals surface area contributed by atoms with E-state index < -0.39 is 17.9 Å². The zero-order chi connectivity index (χ0) is 25.4. The van der Waals surface area contributed by atoms with Crippen LogP contribution in [0.2, 0.25) is 0 Å². The van der Waals surface area contributed by atoms with E-state index >= 15 is 0 Å². The number of allylic oxidation sites excluding steroid dienone is 3. The van der Waals surface area contributed by atoms with Crippen LogP contribution in [0.3, 0.4) is 0 Å². The van der Waals surface area contributed by atoms with Crippen LogP contribution in [0.5, 0.6) is 0 Å². The second kappa shape index (κ2) is 12.2. The molecule has 1 N–H and O–H groups in total. The van der Waals surface area contributed by atoms with Crippen molar-refractivity contribution >= 4 is 23.9 Å². The summed E-state index contributed by atoms with van der Waals surface area (Å²) >= 11 is 0. The zero-order valence-electron chi connectivity index (χ0n) is 20.7. The van der Waals surface area contributed by atoms with E-state index in [-0.39, 0.29) is 37.7 Å². The van der Waals surface area contributed by atoms with Crippen LogP contribution in [0.4, 0.5) is 0 Å². The van der Waals surface area contributed by atoms with Gasteiger partial charge in [-0.2, -0.15) is 0 Å². The molecule has 0 radical (unpaired) electrons. The van der Waals surface area contributed by atoms with Gasteiger partial charge in [0, 0.05) is 30.5 Å². The highest BCUT2D eigenvalue weighted by atomic mass is 16.5. The van der Waals surface area contributed by atoms with Gasteiger partial charge in [0.25, 0.3) is 0 Å². The third kappa shape index (κ3) is 6.15. The van der Waals surface area contributed by atoms with E-state index in [9.17, 15) is 19.2 Å². The molecule has 186 valence electrons. The minimum absolute atomic E-state index is 0.0184. The summed E-state index contributed by atoms with van der Waals surface area (Å²) in [7, 11) is 2.64. The number of aromatic amines is 1. The first-order valence-corrected chi connectivity index (χ1v) is 11.3. The van der Waals surface area contributed by atoms with Gasteiger partial charge in [-0.3, -0.25) is 9.59 Å². The predicted octanol–water partition coefficient (Wildman–Crippen LogP) is 3.29. The smallest absolute Gasteiger partial charge is 0.355 e. The fourth-order valence-corrected chi connectivity index (χ4v) is 4.13. The molecule has 0 amide bonds. The molecule has 34 heavy (non-hydrogen) atoms. The summed E-state index contributed by atoms with van der Waals surface area (Å²) in [5, 5.41) is 0. The minimum atomic E-state index is -0.509. The molecule has 1 aliphatic rings. The van der Waals surface area contributed by atoms with E-state index in [1.54, 1.807) is 20.8 Å². The van der Waals surface area contributed by atoms with Crippen molar-refractivity contribution in [3.8, 4) is 0 Å². The molecule has 2 rings (SSSR count). The van der Waals surface area contributed by atoms with Crippen molar-refractivity contribution in [3.05, 3.63) is 44.8 Å². The zero-order valence-corrected chi connectivity index (χ0v) is 20.7. The van der Waals surface area contributed by atoms with Crippen molar-refractivity contribution < 1.29 is 38.1 Å². The summed E-state index contributed by atoms with van der Waals surface area (Å²) in [5.41, 5.74) is 5.31. The molecule has 0 saturated carbocycles. The van der Waals surface area contributed by atoms with Crippen molar-refractivity contribution in [3.63, 3.8) is 0 Å². The number of carbonyl (C=O) groups is 4. The van der Waals surface area contributed by atoms with E-state index in [0.29, 0.717) is 41.7 Å². The number of carbonyl (C=O) groups excluding carboxylic acids is 4. The fourth-order valence-electron chi connectivity index (χ4n) is 4.13. The second-order valence-corrected chi connectivity index (χ2v) is 7.89. The lowest BCUT2D eigenvalue weighted by Crippen LogP contribution is -2.09. The Balaban J connectivity index is 2.49. The highest BCUT2D eigenvalue weighted by Crippen LogP contribution is 2.38. The molecule has 9 heteroatoms. The molecule has 0 aliphatic heterocycles. The monoisotopic (exact) mass is 475 g/mol. The summed E-state index contributed by atoms with van der Waals surface area (Å²) in [6.45, 7) is 7.52. The van der Waals surface area contributed by atoms with Crippen molar-refractivity contribution in [1.29, 1.82) is 0 Å². The maximum atomic E-state index is 12.5. The third-order valence-electron chi connectivity index (χ3n) is 5.94. The Kier molecular flexibility index (Phi) is 9.65. The van der Waals surface area contributed by atoms with Gasteiger partial charge in [0.15, 0.2) is 0 Å². The summed E-state index contributed by atoms with van der Waals surface area (Å²) < 4.78 is 20.0. The molecule has 0 unspecified atom stereocenters. The molecular formula is C25H33NO8. The number of ether oxygens (including phenoxy) is 4. The van der Waals surface area contributed by atoms with Gasteiger partial charge in [-0.1, -0.05) is 5.57 Å². The average Bonchev–Trinajstić information content (AvgIpc) is 3.29. The normalized spacial score (nSPS) is 13.2. The molecule has 0 aromatic carbocycles. The van der Waals surface area contributed by atoms with E-state index in [1.165, 1.54) is 14.2 Å². The number of H-pyrrole nitrogens is 1. The average molecular weight is 476 g/mol. The molecule has 0 bridgehead atoms.